The first-order valence-electron chi connectivity index (χ1n) is 12.7. The minimum Gasteiger partial charge on any atom is -0.469 e. The summed E-state index contributed by atoms with van der Waals surface area (Å²) in [6.07, 6.45) is 8.49. The molecule has 5 fully saturated rings. The zero-order valence-electron chi connectivity index (χ0n) is 20.9. The van der Waals surface area contributed by atoms with Crippen molar-refractivity contribution in [2.75, 3.05) is 19.0 Å². The molecule has 2 atom stereocenters. The largest absolute Gasteiger partial charge is 0.469 e. The lowest BCUT2D eigenvalue weighted by Gasteiger charge is -2.67. The van der Waals surface area contributed by atoms with Crippen molar-refractivity contribution in [3.63, 3.8) is 0 Å². The van der Waals surface area contributed by atoms with Crippen molar-refractivity contribution in [2.45, 2.75) is 70.9 Å². The monoisotopic (exact) mass is 493 g/mol. The van der Waals surface area contributed by atoms with Gasteiger partial charge in [-0.3, -0.25) is 19.1 Å². The van der Waals surface area contributed by atoms with Crippen LogP contribution in [0.25, 0.3) is 0 Å². The second-order valence-corrected chi connectivity index (χ2v) is 11.1. The number of methoxy groups -OCH3 is 1. The third kappa shape index (κ3) is 3.65. The summed E-state index contributed by atoms with van der Waals surface area (Å²) >= 11 is 0. The van der Waals surface area contributed by atoms with Crippen LogP contribution in [0.1, 0.15) is 84.5 Å². The van der Waals surface area contributed by atoms with Gasteiger partial charge in [0.1, 0.15) is 5.69 Å². The maximum atomic E-state index is 13.5. The van der Waals surface area contributed by atoms with Crippen LogP contribution in [-0.4, -0.2) is 51.1 Å². The van der Waals surface area contributed by atoms with Crippen molar-refractivity contribution in [3.05, 3.63) is 35.0 Å². The minimum absolute atomic E-state index is 0.156. The Balaban J connectivity index is 1.17. The summed E-state index contributed by atoms with van der Waals surface area (Å²) in [5, 5.41) is 7.37. The number of rotatable bonds is 7. The Morgan fingerprint density at radius 3 is 2.50 bits per heavy atom. The predicted octanol–water partition coefficient (Wildman–Crippen LogP) is 3.26. The molecule has 10 heteroatoms. The standard InChI is InChI=1S/C26H31N5O5/c1-14-15(2)29-22(20(28-14)21(32)25-11-26(12-25,13-25)24(34)35-3)30-23(33)16-6-7-36-19(8-16)17-9-27-31(10-17)18-4-5-18/h9-10,16,18-19H,4-8,11-13H2,1-3H3,(H,29,30,33). The van der Waals surface area contributed by atoms with Gasteiger partial charge in [0.05, 0.1) is 42.3 Å². The van der Waals surface area contributed by atoms with E-state index in [0.717, 1.165) is 18.4 Å². The molecule has 2 unspecified atom stereocenters. The van der Waals surface area contributed by atoms with Crippen LogP contribution in [0.4, 0.5) is 5.82 Å². The maximum absolute atomic E-state index is 13.5. The van der Waals surface area contributed by atoms with E-state index in [-0.39, 0.29) is 41.2 Å². The van der Waals surface area contributed by atoms with Crippen LogP contribution >= 0.6 is 0 Å². The number of carbonyl (C=O) groups excluding carboxylic acids is 3. The molecule has 2 bridgehead atoms. The van der Waals surface area contributed by atoms with E-state index in [2.05, 4.69) is 20.4 Å². The SMILES string of the molecule is COC(=O)C12CC(C(=O)c3nc(C)c(C)nc3NC(=O)C3CCOC(c4cnn(C5CC5)c4)C3)(C1)C2. The van der Waals surface area contributed by atoms with E-state index in [1.807, 2.05) is 24.0 Å². The number of anilines is 1. The number of hydrogen-bond donors (Lipinski definition) is 1. The Hall–Kier alpha value is -3.14. The third-order valence-corrected chi connectivity index (χ3v) is 8.46. The van der Waals surface area contributed by atoms with Gasteiger partial charge in [-0.1, -0.05) is 0 Å². The van der Waals surface area contributed by atoms with Gasteiger partial charge in [-0.05, 0) is 58.8 Å². The molecular weight excluding hydrogens is 462 g/mol. The first kappa shape index (κ1) is 23.3. The van der Waals surface area contributed by atoms with E-state index in [9.17, 15) is 14.4 Å². The van der Waals surface area contributed by atoms with Crippen LogP contribution in [-0.2, 0) is 19.1 Å². The molecular formula is C26H31N5O5. The van der Waals surface area contributed by atoms with Crippen molar-refractivity contribution in [2.24, 2.45) is 16.7 Å². The fourth-order valence-corrected chi connectivity index (χ4v) is 6.11. The molecule has 5 aliphatic rings. The molecule has 0 spiro atoms. The first-order valence-corrected chi connectivity index (χ1v) is 12.7. The Morgan fingerprint density at radius 1 is 1.08 bits per heavy atom. The molecule has 4 saturated carbocycles. The number of ether oxygens (including phenoxy) is 2. The number of aromatic nitrogens is 4. The highest BCUT2D eigenvalue weighted by molar-refractivity contribution is 6.08. The van der Waals surface area contributed by atoms with Crippen molar-refractivity contribution in [3.8, 4) is 0 Å². The number of Topliss-reactive ketones (excluding diaryl/α,β-unsaturated/α-hetero) is 1. The summed E-state index contributed by atoms with van der Waals surface area (Å²) in [6, 6.07) is 0.490. The highest BCUT2D eigenvalue weighted by atomic mass is 16.5. The smallest absolute Gasteiger partial charge is 0.311 e. The molecule has 10 nitrogen and oxygen atoms in total. The number of aryl methyl sites for hydroxylation is 2. The molecule has 0 aromatic carbocycles. The predicted molar refractivity (Wildman–Crippen MR) is 127 cm³/mol. The summed E-state index contributed by atoms with van der Waals surface area (Å²) in [5.41, 5.74) is 1.32. The first-order chi connectivity index (χ1) is 17.2. The lowest BCUT2D eigenvalue weighted by Crippen LogP contribution is -2.68. The lowest BCUT2D eigenvalue weighted by molar-refractivity contribution is -0.207. The average molecular weight is 494 g/mol. The van der Waals surface area contributed by atoms with E-state index in [0.29, 0.717) is 56.1 Å². The number of nitrogens with zero attached hydrogens (tertiary/aromatic N) is 4. The molecule has 4 aliphatic carbocycles. The topological polar surface area (TPSA) is 125 Å². The number of esters is 1. The minimum atomic E-state index is -0.616. The van der Waals surface area contributed by atoms with Crippen LogP contribution in [0.2, 0.25) is 0 Å². The summed E-state index contributed by atoms with van der Waals surface area (Å²) in [6.45, 7) is 4.08. The second-order valence-electron chi connectivity index (χ2n) is 11.1. The van der Waals surface area contributed by atoms with Gasteiger partial charge in [-0.25, -0.2) is 9.97 Å². The summed E-state index contributed by atoms with van der Waals surface area (Å²) in [5.74, 6) is -0.676. The van der Waals surface area contributed by atoms with Crippen LogP contribution < -0.4 is 5.32 Å². The van der Waals surface area contributed by atoms with Crippen molar-refractivity contribution >= 4 is 23.5 Å². The quantitative estimate of drug-likeness (QED) is 0.460. The van der Waals surface area contributed by atoms with Crippen molar-refractivity contribution < 1.29 is 23.9 Å². The van der Waals surface area contributed by atoms with Crippen molar-refractivity contribution in [1.29, 1.82) is 0 Å². The molecule has 0 radical (unpaired) electrons. The van der Waals surface area contributed by atoms with Gasteiger partial charge in [-0.15, -0.1) is 0 Å². The molecule has 190 valence electrons. The highest BCUT2D eigenvalue weighted by Crippen LogP contribution is 2.74. The Labute approximate surface area is 209 Å². The number of hydrogen-bond acceptors (Lipinski definition) is 8. The third-order valence-electron chi connectivity index (χ3n) is 8.46. The fraction of sp³-hybridized carbons (Fsp3) is 0.615. The summed E-state index contributed by atoms with van der Waals surface area (Å²) < 4.78 is 12.9. The van der Waals surface area contributed by atoms with Crippen LogP contribution in [0, 0.1) is 30.6 Å². The second kappa shape index (κ2) is 8.19. The number of carbonyl (C=O) groups is 3. The van der Waals surface area contributed by atoms with E-state index in [1.54, 1.807) is 6.92 Å². The van der Waals surface area contributed by atoms with Gasteiger partial charge in [0.15, 0.2) is 11.6 Å². The van der Waals surface area contributed by atoms with Gasteiger partial charge in [0.25, 0.3) is 0 Å². The molecule has 1 saturated heterocycles. The summed E-state index contributed by atoms with van der Waals surface area (Å²) in [4.78, 5) is 48.0. The summed E-state index contributed by atoms with van der Waals surface area (Å²) in [7, 11) is 1.37. The van der Waals surface area contributed by atoms with Crippen LogP contribution in [0.5, 0.6) is 0 Å². The zero-order valence-corrected chi connectivity index (χ0v) is 20.9. The lowest BCUT2D eigenvalue weighted by atomic mass is 9.34. The van der Waals surface area contributed by atoms with E-state index in [1.165, 1.54) is 7.11 Å². The highest BCUT2D eigenvalue weighted by Gasteiger charge is 2.75. The molecule has 1 aliphatic heterocycles. The molecule has 3 heterocycles. The Bertz CT molecular complexity index is 1250. The normalized spacial score (nSPS) is 30.6. The fourth-order valence-electron chi connectivity index (χ4n) is 6.11. The van der Waals surface area contributed by atoms with Gasteiger partial charge in [-0.2, -0.15) is 5.10 Å². The number of amides is 1. The van der Waals surface area contributed by atoms with Crippen LogP contribution in [0.3, 0.4) is 0 Å². The number of nitrogens with one attached hydrogen (secondary N) is 1. The van der Waals surface area contributed by atoms with Crippen molar-refractivity contribution in [1.82, 2.24) is 19.7 Å². The van der Waals surface area contributed by atoms with Gasteiger partial charge in [0, 0.05) is 29.7 Å². The maximum Gasteiger partial charge on any atom is 0.311 e. The average Bonchev–Trinajstić information content (AvgIpc) is 3.55. The molecule has 1 N–H and O–H groups in total. The number of ketones is 1. The van der Waals surface area contributed by atoms with Gasteiger partial charge < -0.3 is 14.8 Å². The Kier molecular flexibility index (Phi) is 5.30. The van der Waals surface area contributed by atoms with E-state index >= 15 is 0 Å². The molecule has 2 aromatic rings. The van der Waals surface area contributed by atoms with E-state index in [4.69, 9.17) is 9.47 Å². The Morgan fingerprint density at radius 2 is 1.81 bits per heavy atom. The van der Waals surface area contributed by atoms with Gasteiger partial charge >= 0.3 is 5.97 Å². The van der Waals surface area contributed by atoms with Gasteiger partial charge in [0.2, 0.25) is 5.91 Å². The molecule has 36 heavy (non-hydrogen) atoms. The zero-order chi connectivity index (χ0) is 25.2. The van der Waals surface area contributed by atoms with Crippen LogP contribution in [0.15, 0.2) is 12.4 Å². The molecule has 2 aromatic heterocycles. The molecule has 1 amide bonds. The van der Waals surface area contributed by atoms with E-state index < -0.39 is 10.8 Å². The molecule has 7 rings (SSSR count).